The topological polar surface area (TPSA) is 87.7 Å². The van der Waals surface area contributed by atoms with E-state index in [9.17, 15) is 9.59 Å². The number of nitrogens with one attached hydrogen (secondary N) is 2. The fraction of sp³-hybridized carbons (Fsp3) is 0.167. The molecule has 0 heterocycles. The van der Waals surface area contributed by atoms with Gasteiger partial charge in [-0.3, -0.25) is 4.79 Å². The van der Waals surface area contributed by atoms with Crippen LogP contribution in [0.1, 0.15) is 27.5 Å². The molecule has 1 aliphatic carbocycles. The fourth-order valence-electron chi connectivity index (χ4n) is 3.73. The highest BCUT2D eigenvalue weighted by atomic mass is 16.5. The molecule has 0 saturated heterocycles. The number of rotatable bonds is 7. The SMILES string of the molecule is O=C(COC(=O)c1ccccc1NCCO)NC1c2ccccc2-c2ccccc21. The Bertz CT molecular complexity index is 1030. The zero-order chi connectivity index (χ0) is 20.9. The molecule has 3 aromatic carbocycles. The Labute approximate surface area is 174 Å². The third kappa shape index (κ3) is 3.90. The summed E-state index contributed by atoms with van der Waals surface area (Å²) in [5, 5.41) is 14.9. The molecule has 1 aliphatic rings. The van der Waals surface area contributed by atoms with E-state index in [2.05, 4.69) is 10.6 Å². The van der Waals surface area contributed by atoms with Gasteiger partial charge in [0.15, 0.2) is 6.61 Å². The molecule has 3 aromatic rings. The minimum atomic E-state index is -0.599. The van der Waals surface area contributed by atoms with Crippen LogP contribution in [0.15, 0.2) is 72.8 Å². The number of carbonyl (C=O) groups excluding carboxylic acids is 2. The number of fused-ring (bicyclic) bond motifs is 3. The molecule has 0 aliphatic heterocycles. The van der Waals surface area contributed by atoms with Gasteiger partial charge in [-0.2, -0.15) is 0 Å². The molecule has 30 heavy (non-hydrogen) atoms. The van der Waals surface area contributed by atoms with Crippen LogP contribution < -0.4 is 10.6 Å². The number of aliphatic hydroxyl groups is 1. The lowest BCUT2D eigenvalue weighted by Crippen LogP contribution is -2.32. The molecule has 0 bridgehead atoms. The molecule has 0 fully saturated rings. The number of hydrogen-bond acceptors (Lipinski definition) is 5. The first-order valence-electron chi connectivity index (χ1n) is 9.77. The number of benzene rings is 3. The lowest BCUT2D eigenvalue weighted by Gasteiger charge is -2.16. The van der Waals surface area contributed by atoms with Crippen molar-refractivity contribution >= 4 is 17.6 Å². The average Bonchev–Trinajstić information content (AvgIpc) is 3.10. The maximum atomic E-state index is 12.6. The summed E-state index contributed by atoms with van der Waals surface area (Å²) in [4.78, 5) is 25.0. The summed E-state index contributed by atoms with van der Waals surface area (Å²) in [6, 6.07) is 22.5. The highest BCUT2D eigenvalue weighted by Crippen LogP contribution is 2.42. The number of esters is 1. The van der Waals surface area contributed by atoms with E-state index in [1.54, 1.807) is 24.3 Å². The van der Waals surface area contributed by atoms with Crippen LogP contribution in [0.5, 0.6) is 0 Å². The summed E-state index contributed by atoms with van der Waals surface area (Å²) in [5.41, 5.74) is 5.11. The Morgan fingerprint density at radius 1 is 0.867 bits per heavy atom. The highest BCUT2D eigenvalue weighted by molar-refractivity contribution is 5.97. The Hall–Kier alpha value is -3.64. The first kappa shape index (κ1) is 19.7. The van der Waals surface area contributed by atoms with Crippen LogP contribution in [0.4, 0.5) is 5.69 Å². The van der Waals surface area contributed by atoms with Gasteiger partial charge in [-0.25, -0.2) is 4.79 Å². The van der Waals surface area contributed by atoms with Gasteiger partial charge < -0.3 is 20.5 Å². The third-order valence-corrected chi connectivity index (χ3v) is 5.05. The van der Waals surface area contributed by atoms with Crippen molar-refractivity contribution in [1.82, 2.24) is 5.32 Å². The largest absolute Gasteiger partial charge is 0.452 e. The van der Waals surface area contributed by atoms with E-state index in [1.807, 2.05) is 48.5 Å². The maximum absolute atomic E-state index is 12.6. The summed E-state index contributed by atoms with van der Waals surface area (Å²) < 4.78 is 5.24. The van der Waals surface area contributed by atoms with Crippen molar-refractivity contribution in [2.75, 3.05) is 25.1 Å². The van der Waals surface area contributed by atoms with Gasteiger partial charge >= 0.3 is 5.97 Å². The lowest BCUT2D eigenvalue weighted by molar-refractivity contribution is -0.124. The molecule has 6 nitrogen and oxygen atoms in total. The fourth-order valence-corrected chi connectivity index (χ4v) is 3.73. The summed E-state index contributed by atoms with van der Waals surface area (Å²) in [5.74, 6) is -0.973. The predicted octanol–water partition coefficient (Wildman–Crippen LogP) is 3.13. The number of hydrogen-bond donors (Lipinski definition) is 3. The van der Waals surface area contributed by atoms with Gasteiger partial charge in [-0.15, -0.1) is 0 Å². The molecule has 0 aromatic heterocycles. The molecular weight excluding hydrogens is 380 g/mol. The smallest absolute Gasteiger partial charge is 0.340 e. The average molecular weight is 402 g/mol. The van der Waals surface area contributed by atoms with Gasteiger partial charge in [-0.1, -0.05) is 60.7 Å². The molecular formula is C24H22N2O4. The van der Waals surface area contributed by atoms with Crippen molar-refractivity contribution in [3.05, 3.63) is 89.5 Å². The third-order valence-electron chi connectivity index (χ3n) is 5.05. The molecule has 4 rings (SSSR count). The minimum Gasteiger partial charge on any atom is -0.452 e. The van der Waals surface area contributed by atoms with Gasteiger partial charge in [0, 0.05) is 12.2 Å². The van der Waals surface area contributed by atoms with Gasteiger partial charge in [0.25, 0.3) is 5.91 Å². The standard InChI is InChI=1S/C24H22N2O4/c27-14-13-25-21-12-6-5-11-20(21)24(29)30-15-22(28)26-23-18-9-3-1-7-16(18)17-8-2-4-10-19(17)23/h1-12,23,25,27H,13-15H2,(H,26,28). The zero-order valence-corrected chi connectivity index (χ0v) is 16.3. The molecule has 6 heteroatoms. The van der Waals surface area contributed by atoms with Gasteiger partial charge in [-0.05, 0) is 34.4 Å². The number of amides is 1. The summed E-state index contributed by atoms with van der Waals surface area (Å²) >= 11 is 0. The summed E-state index contributed by atoms with van der Waals surface area (Å²) in [7, 11) is 0. The molecule has 0 spiro atoms. The van der Waals surface area contributed by atoms with Gasteiger partial charge in [0.2, 0.25) is 0 Å². The normalized spacial score (nSPS) is 12.0. The van der Waals surface area contributed by atoms with E-state index >= 15 is 0 Å². The van der Waals surface area contributed by atoms with Crippen molar-refractivity contribution in [3.63, 3.8) is 0 Å². The molecule has 0 radical (unpaired) electrons. The first-order valence-corrected chi connectivity index (χ1v) is 9.77. The van der Waals surface area contributed by atoms with Gasteiger partial charge in [0.1, 0.15) is 0 Å². The van der Waals surface area contributed by atoms with Crippen LogP contribution in [-0.4, -0.2) is 36.7 Å². The van der Waals surface area contributed by atoms with E-state index in [0.717, 1.165) is 22.3 Å². The van der Waals surface area contributed by atoms with Crippen molar-refractivity contribution in [3.8, 4) is 11.1 Å². The van der Waals surface area contributed by atoms with Crippen molar-refractivity contribution in [2.45, 2.75) is 6.04 Å². The maximum Gasteiger partial charge on any atom is 0.340 e. The first-order chi connectivity index (χ1) is 14.7. The van der Waals surface area contributed by atoms with Crippen LogP contribution in [0.25, 0.3) is 11.1 Å². The Morgan fingerprint density at radius 2 is 1.47 bits per heavy atom. The zero-order valence-electron chi connectivity index (χ0n) is 16.3. The Morgan fingerprint density at radius 3 is 2.13 bits per heavy atom. The summed E-state index contributed by atoms with van der Waals surface area (Å²) in [6.07, 6.45) is 0. The lowest BCUT2D eigenvalue weighted by atomic mass is 10.1. The van der Waals surface area contributed by atoms with Crippen LogP contribution in [0, 0.1) is 0 Å². The van der Waals surface area contributed by atoms with Gasteiger partial charge in [0.05, 0.1) is 18.2 Å². The monoisotopic (exact) mass is 402 g/mol. The number of anilines is 1. The van der Waals surface area contributed by atoms with Crippen LogP contribution in [0.3, 0.4) is 0 Å². The second-order valence-corrected chi connectivity index (χ2v) is 6.95. The van der Waals surface area contributed by atoms with Crippen molar-refractivity contribution < 1.29 is 19.4 Å². The quantitative estimate of drug-likeness (QED) is 0.529. The van der Waals surface area contributed by atoms with Crippen molar-refractivity contribution in [1.29, 1.82) is 0 Å². The number of carbonyl (C=O) groups is 2. The van der Waals surface area contributed by atoms with E-state index in [1.165, 1.54) is 0 Å². The molecule has 1 amide bonds. The Balaban J connectivity index is 1.43. The second kappa shape index (κ2) is 8.80. The van der Waals surface area contributed by atoms with Crippen LogP contribution in [-0.2, 0) is 9.53 Å². The highest BCUT2D eigenvalue weighted by Gasteiger charge is 2.29. The van der Waals surface area contributed by atoms with E-state index in [-0.39, 0.29) is 25.2 Å². The van der Waals surface area contributed by atoms with Crippen LogP contribution >= 0.6 is 0 Å². The molecule has 0 saturated carbocycles. The van der Waals surface area contributed by atoms with E-state index in [4.69, 9.17) is 9.84 Å². The number of para-hydroxylation sites is 1. The Kier molecular flexibility index (Phi) is 5.77. The second-order valence-electron chi connectivity index (χ2n) is 6.95. The molecule has 0 atom stereocenters. The van der Waals surface area contributed by atoms with Crippen LogP contribution in [0.2, 0.25) is 0 Å². The number of aliphatic hydroxyl groups excluding tert-OH is 1. The minimum absolute atomic E-state index is 0.0594. The molecule has 0 unspecified atom stereocenters. The molecule has 152 valence electrons. The van der Waals surface area contributed by atoms with E-state index in [0.29, 0.717) is 17.8 Å². The van der Waals surface area contributed by atoms with Crippen molar-refractivity contribution in [2.24, 2.45) is 0 Å². The molecule has 3 N–H and O–H groups in total. The summed E-state index contributed by atoms with van der Waals surface area (Å²) in [6.45, 7) is -0.130. The number of ether oxygens (including phenoxy) is 1. The van der Waals surface area contributed by atoms with E-state index < -0.39 is 5.97 Å². The predicted molar refractivity (Wildman–Crippen MR) is 114 cm³/mol.